The predicted octanol–water partition coefficient (Wildman–Crippen LogP) is 1.83. The van der Waals surface area contributed by atoms with Gasteiger partial charge in [-0.2, -0.15) is 0 Å². The van der Waals surface area contributed by atoms with E-state index in [-0.39, 0.29) is 11.9 Å². The molecule has 1 aliphatic carbocycles. The number of piperazine rings is 1. The first kappa shape index (κ1) is 15.9. The van der Waals surface area contributed by atoms with Gasteiger partial charge in [0.2, 0.25) is 0 Å². The quantitative estimate of drug-likeness (QED) is 0.904. The molecule has 3 amide bonds. The third kappa shape index (κ3) is 3.86. The van der Waals surface area contributed by atoms with Gasteiger partial charge in [0.15, 0.2) is 0 Å². The number of rotatable bonds is 2. The first-order chi connectivity index (χ1) is 11.1. The summed E-state index contributed by atoms with van der Waals surface area (Å²) < 4.78 is 1.88. The van der Waals surface area contributed by atoms with Crippen LogP contribution >= 0.6 is 0 Å². The van der Waals surface area contributed by atoms with Gasteiger partial charge in [-0.25, -0.2) is 4.79 Å². The third-order valence-electron chi connectivity index (χ3n) is 4.87. The van der Waals surface area contributed by atoms with Crippen molar-refractivity contribution in [1.29, 1.82) is 0 Å². The van der Waals surface area contributed by atoms with E-state index < -0.39 is 0 Å². The highest BCUT2D eigenvalue weighted by Crippen LogP contribution is 2.18. The summed E-state index contributed by atoms with van der Waals surface area (Å²) in [5.74, 6) is 0.0536. The van der Waals surface area contributed by atoms with Crippen LogP contribution in [0.25, 0.3) is 0 Å². The standard InChI is InChI=1S/C17H26N4O2/c1-19-8-7-14(13-19)16(22)20-9-11-21(12-10-20)17(23)18-15-5-3-2-4-6-15/h7-8,13,15H,2-6,9-12H2,1H3,(H,18,23). The van der Waals surface area contributed by atoms with E-state index in [1.807, 2.05) is 39.9 Å². The lowest BCUT2D eigenvalue weighted by atomic mass is 9.96. The molecule has 6 nitrogen and oxygen atoms in total. The molecule has 2 aliphatic rings. The normalized spacial score (nSPS) is 19.7. The summed E-state index contributed by atoms with van der Waals surface area (Å²) in [4.78, 5) is 28.4. The second kappa shape index (κ2) is 7.06. The van der Waals surface area contributed by atoms with E-state index in [1.54, 1.807) is 0 Å². The maximum atomic E-state index is 12.4. The molecule has 0 aromatic carbocycles. The molecular weight excluding hydrogens is 292 g/mol. The minimum absolute atomic E-state index is 0.0312. The number of nitrogens with one attached hydrogen (secondary N) is 1. The number of urea groups is 1. The average molecular weight is 318 g/mol. The van der Waals surface area contributed by atoms with Gasteiger partial charge in [0, 0.05) is 51.7 Å². The van der Waals surface area contributed by atoms with Crippen LogP contribution in [0.1, 0.15) is 42.5 Å². The van der Waals surface area contributed by atoms with Crippen LogP contribution in [0.4, 0.5) is 4.79 Å². The fraction of sp³-hybridized carbons (Fsp3) is 0.647. The first-order valence-corrected chi connectivity index (χ1v) is 8.60. The molecule has 2 fully saturated rings. The Kier molecular flexibility index (Phi) is 4.88. The Hall–Kier alpha value is -1.98. The van der Waals surface area contributed by atoms with Crippen LogP contribution in [0.2, 0.25) is 0 Å². The van der Waals surface area contributed by atoms with Gasteiger partial charge in [0.25, 0.3) is 5.91 Å². The number of aromatic nitrogens is 1. The van der Waals surface area contributed by atoms with E-state index in [0.29, 0.717) is 37.8 Å². The minimum Gasteiger partial charge on any atom is -0.356 e. The average Bonchev–Trinajstić information content (AvgIpc) is 3.02. The van der Waals surface area contributed by atoms with Crippen molar-refractivity contribution in [2.24, 2.45) is 7.05 Å². The summed E-state index contributed by atoms with van der Waals surface area (Å²) in [6.45, 7) is 2.42. The van der Waals surface area contributed by atoms with Crippen LogP contribution in [0.15, 0.2) is 18.5 Å². The van der Waals surface area contributed by atoms with Crippen molar-refractivity contribution in [3.8, 4) is 0 Å². The molecule has 1 aliphatic heterocycles. The number of carbonyl (C=O) groups excluding carboxylic acids is 2. The van der Waals surface area contributed by atoms with Crippen LogP contribution in [0.5, 0.6) is 0 Å². The third-order valence-corrected chi connectivity index (χ3v) is 4.87. The van der Waals surface area contributed by atoms with Gasteiger partial charge >= 0.3 is 6.03 Å². The zero-order chi connectivity index (χ0) is 16.2. The molecule has 1 aromatic rings. The van der Waals surface area contributed by atoms with Crippen molar-refractivity contribution >= 4 is 11.9 Å². The molecular formula is C17H26N4O2. The Labute approximate surface area is 137 Å². The first-order valence-electron chi connectivity index (χ1n) is 8.60. The molecule has 1 aromatic heterocycles. The van der Waals surface area contributed by atoms with Crippen LogP contribution in [-0.2, 0) is 7.05 Å². The highest BCUT2D eigenvalue weighted by Gasteiger charge is 2.26. The molecule has 23 heavy (non-hydrogen) atoms. The molecule has 0 radical (unpaired) electrons. The van der Waals surface area contributed by atoms with E-state index in [4.69, 9.17) is 0 Å². The molecule has 1 N–H and O–H groups in total. The predicted molar refractivity (Wildman–Crippen MR) is 88.3 cm³/mol. The van der Waals surface area contributed by atoms with Crippen molar-refractivity contribution in [1.82, 2.24) is 19.7 Å². The highest BCUT2D eigenvalue weighted by molar-refractivity contribution is 5.94. The fourth-order valence-corrected chi connectivity index (χ4v) is 3.44. The Morgan fingerprint density at radius 1 is 1.04 bits per heavy atom. The maximum Gasteiger partial charge on any atom is 0.317 e. The molecule has 6 heteroatoms. The smallest absolute Gasteiger partial charge is 0.317 e. The Morgan fingerprint density at radius 3 is 2.30 bits per heavy atom. The van der Waals surface area contributed by atoms with Gasteiger partial charge in [0.05, 0.1) is 5.56 Å². The lowest BCUT2D eigenvalue weighted by molar-refractivity contribution is 0.0662. The Morgan fingerprint density at radius 2 is 1.70 bits per heavy atom. The van der Waals surface area contributed by atoms with Crippen LogP contribution in [-0.4, -0.2) is 58.5 Å². The summed E-state index contributed by atoms with van der Waals surface area (Å²) in [6, 6.07) is 2.20. The largest absolute Gasteiger partial charge is 0.356 e. The Bertz CT molecular complexity index is 555. The fourth-order valence-electron chi connectivity index (χ4n) is 3.44. The van der Waals surface area contributed by atoms with Gasteiger partial charge in [-0.15, -0.1) is 0 Å². The lowest BCUT2D eigenvalue weighted by Gasteiger charge is -2.36. The molecule has 0 bridgehead atoms. The lowest BCUT2D eigenvalue weighted by Crippen LogP contribution is -2.54. The molecule has 1 saturated carbocycles. The summed E-state index contributed by atoms with van der Waals surface area (Å²) >= 11 is 0. The molecule has 0 spiro atoms. The second-order valence-corrected chi connectivity index (χ2v) is 6.63. The van der Waals surface area contributed by atoms with Crippen molar-refractivity contribution in [3.05, 3.63) is 24.0 Å². The monoisotopic (exact) mass is 318 g/mol. The molecule has 0 atom stereocenters. The van der Waals surface area contributed by atoms with Gasteiger partial charge < -0.3 is 19.7 Å². The highest BCUT2D eigenvalue weighted by atomic mass is 16.2. The van der Waals surface area contributed by atoms with Gasteiger partial charge in [-0.3, -0.25) is 4.79 Å². The van der Waals surface area contributed by atoms with E-state index in [0.717, 1.165) is 12.8 Å². The maximum absolute atomic E-state index is 12.4. The molecule has 0 unspecified atom stereocenters. The zero-order valence-electron chi connectivity index (χ0n) is 13.8. The summed E-state index contributed by atoms with van der Waals surface area (Å²) in [7, 11) is 1.91. The van der Waals surface area contributed by atoms with Crippen LogP contribution < -0.4 is 5.32 Å². The number of carbonyl (C=O) groups is 2. The number of hydrogen-bond donors (Lipinski definition) is 1. The number of nitrogens with zero attached hydrogens (tertiary/aromatic N) is 3. The van der Waals surface area contributed by atoms with E-state index >= 15 is 0 Å². The van der Waals surface area contributed by atoms with Crippen molar-refractivity contribution in [3.63, 3.8) is 0 Å². The van der Waals surface area contributed by atoms with Crippen LogP contribution in [0, 0.1) is 0 Å². The van der Waals surface area contributed by atoms with Gasteiger partial charge in [0.1, 0.15) is 0 Å². The van der Waals surface area contributed by atoms with E-state index in [1.165, 1.54) is 19.3 Å². The SMILES string of the molecule is Cn1ccc(C(=O)N2CCN(C(=O)NC3CCCCC3)CC2)c1. The molecule has 3 rings (SSSR count). The van der Waals surface area contributed by atoms with E-state index in [2.05, 4.69) is 5.32 Å². The summed E-state index contributed by atoms with van der Waals surface area (Å²) in [6.07, 6.45) is 9.61. The summed E-state index contributed by atoms with van der Waals surface area (Å²) in [5, 5.41) is 3.15. The number of amides is 3. The topological polar surface area (TPSA) is 57.6 Å². The summed E-state index contributed by atoms with van der Waals surface area (Å²) in [5.41, 5.74) is 0.715. The molecule has 2 heterocycles. The number of aryl methyl sites for hydroxylation is 1. The Balaban J connectivity index is 1.47. The molecule has 1 saturated heterocycles. The van der Waals surface area contributed by atoms with E-state index in [9.17, 15) is 9.59 Å². The van der Waals surface area contributed by atoms with Gasteiger partial charge in [-0.1, -0.05) is 19.3 Å². The second-order valence-electron chi connectivity index (χ2n) is 6.63. The van der Waals surface area contributed by atoms with Crippen molar-refractivity contribution in [2.75, 3.05) is 26.2 Å². The number of hydrogen-bond acceptors (Lipinski definition) is 2. The van der Waals surface area contributed by atoms with Crippen LogP contribution in [0.3, 0.4) is 0 Å². The van der Waals surface area contributed by atoms with Crippen molar-refractivity contribution < 1.29 is 9.59 Å². The van der Waals surface area contributed by atoms with Gasteiger partial charge in [-0.05, 0) is 18.9 Å². The minimum atomic E-state index is 0.0312. The molecule has 126 valence electrons. The zero-order valence-corrected chi connectivity index (χ0v) is 13.8. The van der Waals surface area contributed by atoms with Crippen molar-refractivity contribution in [2.45, 2.75) is 38.1 Å².